The Labute approximate surface area is 118 Å². The van der Waals surface area contributed by atoms with E-state index in [1.165, 1.54) is 0 Å². The van der Waals surface area contributed by atoms with E-state index in [2.05, 4.69) is 25.5 Å². The molecule has 2 rings (SSSR count). The fourth-order valence-electron chi connectivity index (χ4n) is 1.87. The summed E-state index contributed by atoms with van der Waals surface area (Å²) in [7, 11) is 0. The van der Waals surface area contributed by atoms with Gasteiger partial charge in [0.15, 0.2) is 0 Å². The summed E-state index contributed by atoms with van der Waals surface area (Å²) in [6, 6.07) is 0. The van der Waals surface area contributed by atoms with Gasteiger partial charge in [-0.05, 0) is 20.8 Å². The van der Waals surface area contributed by atoms with Gasteiger partial charge >= 0.3 is 6.09 Å². The predicted molar refractivity (Wildman–Crippen MR) is 77.0 cm³/mol. The molecule has 1 fully saturated rings. The highest BCUT2D eigenvalue weighted by Gasteiger charge is 2.17. The van der Waals surface area contributed by atoms with Crippen molar-refractivity contribution in [2.75, 3.05) is 36.4 Å². The van der Waals surface area contributed by atoms with Crippen LogP contribution in [0.15, 0.2) is 12.4 Å². The topological polar surface area (TPSA) is 79.4 Å². The second-order valence-corrected chi connectivity index (χ2v) is 5.63. The third-order valence-corrected chi connectivity index (χ3v) is 2.73. The van der Waals surface area contributed by atoms with Gasteiger partial charge in [-0.3, -0.25) is 5.32 Å². The Morgan fingerprint density at radius 2 is 1.90 bits per heavy atom. The molecule has 1 aromatic rings. The van der Waals surface area contributed by atoms with E-state index in [0.717, 1.165) is 31.9 Å². The molecule has 0 saturated carbocycles. The van der Waals surface area contributed by atoms with Crippen molar-refractivity contribution in [3.63, 3.8) is 0 Å². The lowest BCUT2D eigenvalue weighted by molar-refractivity contribution is 0.0634. The number of piperazine rings is 1. The summed E-state index contributed by atoms with van der Waals surface area (Å²) < 4.78 is 5.14. The SMILES string of the molecule is CC(C)(C)OC(=O)Nc1ncc(N2CCNCC2)cn1. The van der Waals surface area contributed by atoms with Crippen molar-refractivity contribution in [1.82, 2.24) is 15.3 Å². The van der Waals surface area contributed by atoms with E-state index in [1.54, 1.807) is 33.2 Å². The predicted octanol–water partition coefficient (Wildman–Crippen LogP) is 1.23. The highest BCUT2D eigenvalue weighted by atomic mass is 16.6. The minimum Gasteiger partial charge on any atom is -0.444 e. The summed E-state index contributed by atoms with van der Waals surface area (Å²) in [5, 5.41) is 5.80. The first-order valence-corrected chi connectivity index (χ1v) is 6.72. The van der Waals surface area contributed by atoms with Crippen LogP contribution in [0.1, 0.15) is 20.8 Å². The van der Waals surface area contributed by atoms with E-state index < -0.39 is 11.7 Å². The summed E-state index contributed by atoms with van der Waals surface area (Å²) in [4.78, 5) is 22.1. The molecule has 0 aromatic carbocycles. The maximum atomic E-state index is 11.6. The van der Waals surface area contributed by atoms with Crippen molar-refractivity contribution < 1.29 is 9.53 Å². The summed E-state index contributed by atoms with van der Waals surface area (Å²) >= 11 is 0. The lowest BCUT2D eigenvalue weighted by Gasteiger charge is -2.28. The molecule has 110 valence electrons. The zero-order valence-corrected chi connectivity index (χ0v) is 12.1. The minimum absolute atomic E-state index is 0.248. The second-order valence-electron chi connectivity index (χ2n) is 5.63. The van der Waals surface area contributed by atoms with Gasteiger partial charge in [-0.2, -0.15) is 0 Å². The normalized spacial score (nSPS) is 15.8. The number of carbonyl (C=O) groups is 1. The third kappa shape index (κ3) is 4.34. The minimum atomic E-state index is -0.549. The molecule has 1 amide bonds. The first-order chi connectivity index (χ1) is 9.44. The second kappa shape index (κ2) is 6.04. The Bertz CT molecular complexity index is 449. The van der Waals surface area contributed by atoms with E-state index in [9.17, 15) is 4.79 Å². The van der Waals surface area contributed by atoms with Crippen LogP contribution in [0.2, 0.25) is 0 Å². The molecule has 1 aromatic heterocycles. The number of rotatable bonds is 2. The van der Waals surface area contributed by atoms with Crippen molar-refractivity contribution in [1.29, 1.82) is 0 Å². The number of carbonyl (C=O) groups excluding carboxylic acids is 1. The molecule has 2 heterocycles. The largest absolute Gasteiger partial charge is 0.444 e. The Kier molecular flexibility index (Phi) is 4.39. The summed E-state index contributed by atoms with van der Waals surface area (Å²) in [6.07, 6.45) is 2.88. The molecule has 1 aliphatic rings. The molecule has 0 radical (unpaired) electrons. The van der Waals surface area contributed by atoms with E-state index in [4.69, 9.17) is 4.74 Å². The smallest absolute Gasteiger partial charge is 0.414 e. The molecule has 1 saturated heterocycles. The van der Waals surface area contributed by atoms with Crippen LogP contribution in [0.5, 0.6) is 0 Å². The summed E-state index contributed by atoms with van der Waals surface area (Å²) in [5.41, 5.74) is 0.423. The molecular weight excluding hydrogens is 258 g/mol. The zero-order valence-electron chi connectivity index (χ0n) is 12.1. The van der Waals surface area contributed by atoms with Gasteiger partial charge in [0.25, 0.3) is 0 Å². The molecule has 0 unspecified atom stereocenters. The fraction of sp³-hybridized carbons (Fsp3) is 0.615. The Morgan fingerprint density at radius 3 is 2.45 bits per heavy atom. The maximum absolute atomic E-state index is 11.6. The van der Waals surface area contributed by atoms with Gasteiger partial charge in [0.05, 0.1) is 18.1 Å². The van der Waals surface area contributed by atoms with Gasteiger partial charge in [-0.25, -0.2) is 14.8 Å². The van der Waals surface area contributed by atoms with E-state index in [0.29, 0.717) is 0 Å². The van der Waals surface area contributed by atoms with Crippen LogP contribution in [0.3, 0.4) is 0 Å². The van der Waals surface area contributed by atoms with E-state index in [1.807, 2.05) is 0 Å². The first-order valence-electron chi connectivity index (χ1n) is 6.72. The number of hydrogen-bond acceptors (Lipinski definition) is 6. The van der Waals surface area contributed by atoms with E-state index >= 15 is 0 Å². The Morgan fingerprint density at radius 1 is 1.30 bits per heavy atom. The Balaban J connectivity index is 1.92. The Hall–Kier alpha value is -1.89. The van der Waals surface area contributed by atoms with Crippen molar-refractivity contribution in [3.8, 4) is 0 Å². The van der Waals surface area contributed by atoms with Crippen molar-refractivity contribution >= 4 is 17.7 Å². The number of nitrogens with one attached hydrogen (secondary N) is 2. The van der Waals surface area contributed by atoms with Crippen LogP contribution in [0.4, 0.5) is 16.4 Å². The number of anilines is 2. The standard InChI is InChI=1S/C13H21N5O2/c1-13(2,3)20-12(19)17-11-15-8-10(9-16-11)18-6-4-14-5-7-18/h8-9,14H,4-7H2,1-3H3,(H,15,16,17,19). The average Bonchev–Trinajstić information content (AvgIpc) is 2.38. The van der Waals surface area contributed by atoms with Crippen molar-refractivity contribution in [2.24, 2.45) is 0 Å². The first kappa shape index (κ1) is 14.5. The molecule has 0 aliphatic carbocycles. The number of ether oxygens (including phenoxy) is 1. The van der Waals surface area contributed by atoms with Crippen molar-refractivity contribution in [3.05, 3.63) is 12.4 Å². The van der Waals surface area contributed by atoms with Gasteiger partial charge in [-0.15, -0.1) is 0 Å². The number of aromatic nitrogens is 2. The van der Waals surface area contributed by atoms with Crippen LogP contribution in [-0.2, 0) is 4.74 Å². The number of hydrogen-bond donors (Lipinski definition) is 2. The summed E-state index contributed by atoms with van der Waals surface area (Å²) in [6.45, 7) is 9.20. The average molecular weight is 279 g/mol. The molecule has 0 spiro atoms. The lowest BCUT2D eigenvalue weighted by Crippen LogP contribution is -2.43. The molecular formula is C13H21N5O2. The molecule has 1 aliphatic heterocycles. The summed E-state index contributed by atoms with van der Waals surface area (Å²) in [5.74, 6) is 0.248. The van der Waals surface area contributed by atoms with Gasteiger partial charge in [0, 0.05) is 26.2 Å². The lowest BCUT2D eigenvalue weighted by atomic mass is 10.2. The maximum Gasteiger partial charge on any atom is 0.414 e. The molecule has 0 bridgehead atoms. The fourth-order valence-corrected chi connectivity index (χ4v) is 1.87. The zero-order chi connectivity index (χ0) is 14.6. The number of amides is 1. The number of nitrogens with zero attached hydrogens (tertiary/aromatic N) is 3. The van der Waals surface area contributed by atoms with Crippen LogP contribution in [0, 0.1) is 0 Å². The van der Waals surface area contributed by atoms with Crippen LogP contribution >= 0.6 is 0 Å². The monoisotopic (exact) mass is 279 g/mol. The highest BCUT2D eigenvalue weighted by Crippen LogP contribution is 2.14. The molecule has 20 heavy (non-hydrogen) atoms. The van der Waals surface area contributed by atoms with Crippen LogP contribution in [-0.4, -0.2) is 47.8 Å². The molecule has 7 nitrogen and oxygen atoms in total. The quantitative estimate of drug-likeness (QED) is 0.847. The van der Waals surface area contributed by atoms with Crippen molar-refractivity contribution in [2.45, 2.75) is 26.4 Å². The third-order valence-electron chi connectivity index (χ3n) is 2.73. The van der Waals surface area contributed by atoms with Gasteiger partial charge < -0.3 is 15.0 Å². The molecule has 7 heteroatoms. The van der Waals surface area contributed by atoms with Gasteiger partial charge in [-0.1, -0.05) is 0 Å². The van der Waals surface area contributed by atoms with Gasteiger partial charge in [0.2, 0.25) is 5.95 Å². The van der Waals surface area contributed by atoms with E-state index in [-0.39, 0.29) is 5.95 Å². The van der Waals surface area contributed by atoms with Gasteiger partial charge in [0.1, 0.15) is 5.60 Å². The molecule has 2 N–H and O–H groups in total. The van der Waals surface area contributed by atoms with Crippen LogP contribution in [0.25, 0.3) is 0 Å². The van der Waals surface area contributed by atoms with Crippen LogP contribution < -0.4 is 15.5 Å². The highest BCUT2D eigenvalue weighted by molar-refractivity contribution is 5.82. The molecule has 0 atom stereocenters.